The van der Waals surface area contributed by atoms with Gasteiger partial charge in [0.15, 0.2) is 0 Å². The summed E-state index contributed by atoms with van der Waals surface area (Å²) in [7, 11) is 0. The third-order valence-electron chi connectivity index (χ3n) is 5.57. The lowest BCUT2D eigenvalue weighted by molar-refractivity contribution is -0.141. The van der Waals surface area contributed by atoms with Crippen molar-refractivity contribution < 1.29 is 14.3 Å². The van der Waals surface area contributed by atoms with E-state index < -0.39 is 0 Å². The van der Waals surface area contributed by atoms with Crippen molar-refractivity contribution in [3.8, 4) is 0 Å². The molecule has 1 aromatic heterocycles. The van der Waals surface area contributed by atoms with Crippen molar-refractivity contribution in [3.63, 3.8) is 0 Å². The van der Waals surface area contributed by atoms with Crippen LogP contribution in [0.5, 0.6) is 0 Å². The van der Waals surface area contributed by atoms with E-state index in [2.05, 4.69) is 0 Å². The van der Waals surface area contributed by atoms with Crippen molar-refractivity contribution in [2.24, 2.45) is 0 Å². The van der Waals surface area contributed by atoms with E-state index in [1.54, 1.807) is 16.2 Å². The lowest BCUT2D eigenvalue weighted by Crippen LogP contribution is -2.43. The second-order valence-electron chi connectivity index (χ2n) is 8.17. The molecule has 0 saturated carbocycles. The average molecular weight is 479 g/mol. The molecule has 0 aliphatic rings. The number of ether oxygens (including phenoxy) is 1. The summed E-state index contributed by atoms with van der Waals surface area (Å²) >= 11 is 1.64. The SMILES string of the molecule is CCOCCCN(CC(=O)N(Cc1ccccc1)Cc1cccs1)C(=O)CCc1ccccc1. The number of carbonyl (C=O) groups is 2. The molecule has 2 aromatic carbocycles. The van der Waals surface area contributed by atoms with Gasteiger partial charge in [-0.15, -0.1) is 11.3 Å². The zero-order chi connectivity index (χ0) is 24.0. The molecule has 180 valence electrons. The van der Waals surface area contributed by atoms with Crippen molar-refractivity contribution in [2.75, 3.05) is 26.3 Å². The molecule has 0 aliphatic carbocycles. The number of benzene rings is 2. The smallest absolute Gasteiger partial charge is 0.242 e. The Morgan fingerprint density at radius 1 is 0.824 bits per heavy atom. The summed E-state index contributed by atoms with van der Waals surface area (Å²) in [6.07, 6.45) is 1.76. The molecule has 3 aromatic rings. The molecule has 0 fully saturated rings. The quantitative estimate of drug-likeness (QED) is 0.301. The molecule has 0 saturated heterocycles. The summed E-state index contributed by atoms with van der Waals surface area (Å²) in [5, 5.41) is 2.02. The van der Waals surface area contributed by atoms with E-state index in [-0.39, 0.29) is 18.4 Å². The third kappa shape index (κ3) is 8.76. The Morgan fingerprint density at radius 3 is 2.18 bits per heavy atom. The second-order valence-corrected chi connectivity index (χ2v) is 9.20. The van der Waals surface area contributed by atoms with Gasteiger partial charge in [-0.05, 0) is 42.3 Å². The van der Waals surface area contributed by atoms with E-state index >= 15 is 0 Å². The minimum absolute atomic E-state index is 0.00415. The minimum Gasteiger partial charge on any atom is -0.382 e. The first-order chi connectivity index (χ1) is 16.7. The highest BCUT2D eigenvalue weighted by atomic mass is 32.1. The maximum atomic E-state index is 13.5. The van der Waals surface area contributed by atoms with Crippen LogP contribution in [0.3, 0.4) is 0 Å². The van der Waals surface area contributed by atoms with Gasteiger partial charge in [0.05, 0.1) is 13.1 Å². The van der Waals surface area contributed by atoms with Gasteiger partial charge >= 0.3 is 0 Å². The van der Waals surface area contributed by atoms with Crippen LogP contribution in [0.25, 0.3) is 0 Å². The van der Waals surface area contributed by atoms with Gasteiger partial charge < -0.3 is 14.5 Å². The third-order valence-corrected chi connectivity index (χ3v) is 6.43. The highest BCUT2D eigenvalue weighted by Crippen LogP contribution is 2.16. The van der Waals surface area contributed by atoms with Crippen molar-refractivity contribution in [1.29, 1.82) is 0 Å². The number of aryl methyl sites for hydroxylation is 1. The monoisotopic (exact) mass is 478 g/mol. The summed E-state index contributed by atoms with van der Waals surface area (Å²) in [6, 6.07) is 24.0. The molecule has 3 rings (SSSR count). The number of hydrogen-bond donors (Lipinski definition) is 0. The molecular weight excluding hydrogens is 444 g/mol. The molecule has 5 nitrogen and oxygen atoms in total. The normalized spacial score (nSPS) is 10.7. The highest BCUT2D eigenvalue weighted by Gasteiger charge is 2.22. The van der Waals surface area contributed by atoms with Gasteiger partial charge in [-0.25, -0.2) is 0 Å². The van der Waals surface area contributed by atoms with E-state index in [1.807, 2.05) is 90.0 Å². The maximum absolute atomic E-state index is 13.5. The van der Waals surface area contributed by atoms with Gasteiger partial charge in [-0.2, -0.15) is 0 Å². The average Bonchev–Trinajstić information content (AvgIpc) is 3.38. The van der Waals surface area contributed by atoms with Crippen molar-refractivity contribution in [1.82, 2.24) is 9.80 Å². The summed E-state index contributed by atoms with van der Waals surface area (Å²) in [6.45, 7) is 4.83. The Balaban J connectivity index is 1.68. The number of thiophene rings is 1. The zero-order valence-electron chi connectivity index (χ0n) is 19.9. The molecule has 6 heteroatoms. The van der Waals surface area contributed by atoms with E-state index in [9.17, 15) is 9.59 Å². The Morgan fingerprint density at radius 2 is 1.53 bits per heavy atom. The molecule has 0 unspecified atom stereocenters. The van der Waals surface area contributed by atoms with E-state index in [0.29, 0.717) is 52.1 Å². The summed E-state index contributed by atoms with van der Waals surface area (Å²) in [5.41, 5.74) is 2.20. The zero-order valence-corrected chi connectivity index (χ0v) is 20.7. The number of rotatable bonds is 14. The molecule has 2 amide bonds. The van der Waals surface area contributed by atoms with E-state index in [0.717, 1.165) is 16.0 Å². The largest absolute Gasteiger partial charge is 0.382 e. The van der Waals surface area contributed by atoms with Crippen LogP contribution in [0.2, 0.25) is 0 Å². The van der Waals surface area contributed by atoms with Crippen LogP contribution in [-0.4, -0.2) is 47.9 Å². The minimum atomic E-state index is -0.0401. The van der Waals surface area contributed by atoms with Gasteiger partial charge in [0.25, 0.3) is 0 Å². The molecule has 34 heavy (non-hydrogen) atoms. The standard InChI is InChI=1S/C28H34N2O3S/c1-2-33-19-10-18-29(27(31)17-16-24-11-5-3-6-12-24)23-28(32)30(22-26-15-9-20-34-26)21-25-13-7-4-8-14-25/h3-9,11-15,20H,2,10,16-19,21-23H2,1H3. The Hall–Kier alpha value is -2.96. The molecule has 1 heterocycles. The highest BCUT2D eigenvalue weighted by molar-refractivity contribution is 7.09. The van der Waals surface area contributed by atoms with Gasteiger partial charge in [-0.3, -0.25) is 9.59 Å². The van der Waals surface area contributed by atoms with Gasteiger partial charge in [0.2, 0.25) is 11.8 Å². The van der Waals surface area contributed by atoms with Crippen molar-refractivity contribution in [3.05, 3.63) is 94.2 Å². The van der Waals surface area contributed by atoms with Crippen LogP contribution in [-0.2, 0) is 33.8 Å². The number of hydrogen-bond acceptors (Lipinski definition) is 4. The predicted molar refractivity (Wildman–Crippen MR) is 137 cm³/mol. The first kappa shape index (κ1) is 25.7. The molecule has 0 atom stereocenters. The fourth-order valence-corrected chi connectivity index (χ4v) is 4.46. The van der Waals surface area contributed by atoms with E-state index in [4.69, 9.17) is 4.74 Å². The van der Waals surface area contributed by atoms with Crippen LogP contribution >= 0.6 is 11.3 Å². The van der Waals surface area contributed by atoms with Crippen LogP contribution < -0.4 is 0 Å². The summed E-state index contributed by atoms with van der Waals surface area (Å²) in [5.74, 6) is -0.0359. The topological polar surface area (TPSA) is 49.9 Å². The lowest BCUT2D eigenvalue weighted by atomic mass is 10.1. The van der Waals surface area contributed by atoms with E-state index in [1.165, 1.54) is 0 Å². The van der Waals surface area contributed by atoms with Crippen LogP contribution in [0, 0.1) is 0 Å². The van der Waals surface area contributed by atoms with Crippen LogP contribution in [0.4, 0.5) is 0 Å². The fourth-order valence-electron chi connectivity index (χ4n) is 3.74. The van der Waals surface area contributed by atoms with Crippen LogP contribution in [0.1, 0.15) is 35.8 Å². The molecule has 0 radical (unpaired) electrons. The molecule has 0 N–H and O–H groups in total. The second kappa shape index (κ2) is 14.3. The Bertz CT molecular complexity index is 977. The van der Waals surface area contributed by atoms with Crippen LogP contribution in [0.15, 0.2) is 78.2 Å². The molecule has 0 aliphatic heterocycles. The first-order valence-electron chi connectivity index (χ1n) is 11.9. The first-order valence-corrected chi connectivity index (χ1v) is 12.8. The number of carbonyl (C=O) groups excluding carboxylic acids is 2. The Labute approximate surface area is 207 Å². The lowest BCUT2D eigenvalue weighted by Gasteiger charge is -2.28. The summed E-state index contributed by atoms with van der Waals surface area (Å²) < 4.78 is 5.46. The van der Waals surface area contributed by atoms with Gasteiger partial charge in [-0.1, -0.05) is 66.7 Å². The molecule has 0 bridgehead atoms. The predicted octanol–water partition coefficient (Wildman–Crippen LogP) is 5.16. The maximum Gasteiger partial charge on any atom is 0.242 e. The fraction of sp³-hybridized carbons (Fsp3) is 0.357. The Kier molecular flexibility index (Phi) is 10.8. The number of amides is 2. The van der Waals surface area contributed by atoms with Crippen molar-refractivity contribution >= 4 is 23.2 Å². The molecular formula is C28H34N2O3S. The van der Waals surface area contributed by atoms with Gasteiger partial charge in [0.1, 0.15) is 0 Å². The molecule has 0 spiro atoms. The van der Waals surface area contributed by atoms with Crippen molar-refractivity contribution in [2.45, 2.75) is 39.3 Å². The summed E-state index contributed by atoms with van der Waals surface area (Å²) in [4.78, 5) is 31.3. The number of nitrogens with zero attached hydrogens (tertiary/aromatic N) is 2. The van der Waals surface area contributed by atoms with Gasteiger partial charge in [0, 0.05) is 37.6 Å².